The third-order valence-corrected chi connectivity index (χ3v) is 21.5. The van der Waals surface area contributed by atoms with Crippen LogP contribution in [0.5, 0.6) is 0 Å². The highest BCUT2D eigenvalue weighted by Crippen LogP contribution is 2.40. The van der Waals surface area contributed by atoms with Gasteiger partial charge < -0.3 is 0 Å². The smallest absolute Gasteiger partial charge is 0.201 e. The van der Waals surface area contributed by atoms with E-state index in [9.17, 15) is 0 Å². The molecule has 0 N–H and O–H groups in total. The van der Waals surface area contributed by atoms with Crippen molar-refractivity contribution in [2.24, 2.45) is 35.2 Å². The Morgan fingerprint density at radius 2 is 0.642 bits per heavy atom. The van der Waals surface area contributed by atoms with Crippen molar-refractivity contribution in [1.29, 1.82) is 0 Å². The van der Waals surface area contributed by atoms with Crippen LogP contribution in [0.3, 0.4) is 0 Å². The predicted octanol–water partition coefficient (Wildman–Crippen LogP) is 20.6. The van der Waals surface area contributed by atoms with Gasteiger partial charge in [-0.25, -0.2) is 22.8 Å². The van der Waals surface area contributed by atoms with Gasteiger partial charge in [-0.1, -0.05) is 149 Å². The fourth-order valence-electron chi connectivity index (χ4n) is 15.8. The largest absolute Gasteiger partial charge is 0.212 e. The third kappa shape index (κ3) is 17.3. The topological polar surface area (TPSA) is 19.4 Å². The summed E-state index contributed by atoms with van der Waals surface area (Å²) in [6, 6.07) is 59.1. The molecule has 0 spiro atoms. The van der Waals surface area contributed by atoms with Gasteiger partial charge in [-0.3, -0.25) is 0 Å². The van der Waals surface area contributed by atoms with E-state index in [-0.39, 0.29) is 0 Å². The minimum absolute atomic E-state index is 0.743. The van der Waals surface area contributed by atoms with E-state index in [4.69, 9.17) is 2.74 Å². The number of pyridine rings is 5. The Morgan fingerprint density at radius 3 is 1.07 bits per heavy atom. The highest BCUT2D eigenvalue weighted by Gasteiger charge is 2.27. The lowest BCUT2D eigenvalue weighted by Gasteiger charge is -2.14. The van der Waals surface area contributed by atoms with Crippen molar-refractivity contribution in [1.82, 2.24) is 0 Å². The molecule has 0 bridgehead atoms. The molecule has 10 aromatic rings. The minimum atomic E-state index is -1.31. The fourth-order valence-corrected chi connectivity index (χ4v) is 15.8. The van der Waals surface area contributed by atoms with Gasteiger partial charge in [0.05, 0.1) is 0 Å². The van der Waals surface area contributed by atoms with Crippen LogP contribution in [0.1, 0.15) is 208 Å². The maximum atomic E-state index is 7.88. The highest BCUT2D eigenvalue weighted by molar-refractivity contribution is 5.65. The van der Waals surface area contributed by atoms with Crippen LogP contribution < -0.4 is 22.8 Å². The van der Waals surface area contributed by atoms with Crippen LogP contribution >= 0.6 is 0 Å². The first-order chi connectivity index (χ1) is 46.6. The average Bonchev–Trinajstić information content (AvgIpc) is 1.87. The summed E-state index contributed by atoms with van der Waals surface area (Å²) in [4.78, 5) is 0. The van der Waals surface area contributed by atoms with Gasteiger partial charge in [-0.05, 0) is 223 Å². The summed E-state index contributed by atoms with van der Waals surface area (Å²) in [6.07, 6.45) is 31.9. The Hall–Kier alpha value is -8.15. The Labute approximate surface area is 576 Å². The zero-order valence-electron chi connectivity index (χ0n) is 62.3. The van der Waals surface area contributed by atoms with Crippen molar-refractivity contribution < 1.29 is 25.6 Å². The molecule has 0 amide bonds. The molecule has 0 atom stereocenters. The van der Waals surface area contributed by atoms with Crippen molar-refractivity contribution in [2.75, 3.05) is 0 Å². The second-order valence-corrected chi connectivity index (χ2v) is 28.3. The fraction of sp³-hybridized carbons (Fsp3) is 0.389. The van der Waals surface area contributed by atoms with Crippen molar-refractivity contribution in [3.05, 3.63) is 267 Å². The Balaban J connectivity index is 0.000000132. The summed E-state index contributed by atoms with van der Waals surface area (Å²) in [7, 11) is 10.6. The Kier molecular flexibility index (Phi) is 23.2. The first-order valence-corrected chi connectivity index (χ1v) is 35.9. The number of rotatable bonds is 10. The van der Waals surface area contributed by atoms with E-state index in [1.54, 1.807) is 18.1 Å². The van der Waals surface area contributed by atoms with Crippen LogP contribution in [0.2, 0.25) is 0 Å². The molecule has 0 unspecified atom stereocenters. The standard InChI is InChI=1S/2C19H24N.2C18H22N.C16H20N/c1-14-8-4-7-11-17(14)19-12-18(15(2)13-20(19)3)16-9-5-6-10-16;1-14-8-4-7-11-17(14)19-12-15(2)18(13-20(19)3)16-9-5-6-10-16;1-14-7-3-6-10-17(14)18-13-16(11-12-19(18)2)15-8-4-5-9-15;1-14-7-3-6-10-17(14)18-12-11-16(13-19(18)2)15-8-4-5-9-15;1-5-14-11-17(4)16(10-13(14)3)15-9-7-6-8-12(15)2/h2*4,7-8,11-13,16H,5-6,9-10H2,1-3H3;2*3,6-7,10-13,15H,4-5,8-9H2,1-2H3;6-11H,5H2,1-4H3/q5*+1/i;;;;5D2. The van der Waals surface area contributed by atoms with E-state index < -0.39 is 6.37 Å². The summed E-state index contributed by atoms with van der Waals surface area (Å²) < 4.78 is 26.9. The predicted molar refractivity (Wildman–Crippen MR) is 397 cm³/mol. The molecule has 4 saturated carbocycles. The molecule has 5 aromatic carbocycles. The maximum absolute atomic E-state index is 7.88. The molecular formula is C90H112N5+5. The number of hydrogen-bond donors (Lipinski definition) is 0. The van der Waals surface area contributed by atoms with E-state index in [2.05, 4.69) is 271 Å². The molecule has 4 fully saturated rings. The first kappa shape index (κ1) is 66.9. The second kappa shape index (κ2) is 33.0. The lowest BCUT2D eigenvalue weighted by Crippen LogP contribution is -2.32. The summed E-state index contributed by atoms with van der Waals surface area (Å²) in [5.74, 6) is 3.13. The molecule has 0 radical (unpaired) electrons. The van der Waals surface area contributed by atoms with Gasteiger partial charge in [0, 0.05) is 89.2 Å². The molecule has 5 nitrogen and oxygen atoms in total. The number of benzene rings is 5. The van der Waals surface area contributed by atoms with E-state index in [1.165, 1.54) is 203 Å². The summed E-state index contributed by atoms with van der Waals surface area (Å²) in [5, 5.41) is 0. The molecule has 0 saturated heterocycles. The molecule has 5 aromatic heterocycles. The molecule has 5 heteroatoms. The molecule has 4 aliphatic rings. The third-order valence-electron chi connectivity index (χ3n) is 21.5. The molecule has 4 aliphatic carbocycles. The number of hydrogen-bond acceptors (Lipinski definition) is 0. The lowest BCUT2D eigenvalue weighted by atomic mass is 9.92. The van der Waals surface area contributed by atoms with Crippen LogP contribution in [-0.4, -0.2) is 0 Å². The van der Waals surface area contributed by atoms with E-state index >= 15 is 0 Å². The second-order valence-electron chi connectivity index (χ2n) is 28.3. The van der Waals surface area contributed by atoms with E-state index in [0.717, 1.165) is 40.5 Å². The van der Waals surface area contributed by atoms with Crippen molar-refractivity contribution in [2.45, 2.75) is 195 Å². The highest BCUT2D eigenvalue weighted by atomic mass is 14.9. The maximum Gasteiger partial charge on any atom is 0.212 e. The lowest BCUT2D eigenvalue weighted by molar-refractivity contribution is -0.661. The van der Waals surface area contributed by atoms with Gasteiger partial charge in [0.2, 0.25) is 28.5 Å². The van der Waals surface area contributed by atoms with Gasteiger partial charge in [0.1, 0.15) is 35.2 Å². The first-order valence-electron chi connectivity index (χ1n) is 36.9. The SMILES string of the molecule is Cc1ccccc1-c1cc(C)c(C2CCCC2)c[n+]1C.Cc1ccccc1-c1cc(C2CCCC2)c(C)c[n+]1C.Cc1ccccc1-c1cc(C2CCCC2)cc[n+]1C.Cc1ccccc1-c1ccc(C2CCCC2)c[n+]1C.[2H]C([2H])(C)c1c[n+](C)c(-c2ccccc2C)cc1C. The molecule has 95 heavy (non-hydrogen) atoms. The van der Waals surface area contributed by atoms with Crippen LogP contribution in [0.15, 0.2) is 195 Å². The minimum Gasteiger partial charge on any atom is -0.201 e. The van der Waals surface area contributed by atoms with Gasteiger partial charge in [0.15, 0.2) is 31.0 Å². The zero-order valence-corrected chi connectivity index (χ0v) is 60.3. The van der Waals surface area contributed by atoms with Crippen molar-refractivity contribution >= 4 is 0 Å². The van der Waals surface area contributed by atoms with Crippen molar-refractivity contribution in [3.63, 3.8) is 0 Å². The number of nitrogens with zero attached hydrogens (tertiary/aromatic N) is 5. The number of aryl methyl sites for hydroxylation is 14. The number of aromatic nitrogens is 5. The molecule has 14 rings (SSSR count). The van der Waals surface area contributed by atoms with Gasteiger partial charge in [-0.15, -0.1) is 0 Å². The van der Waals surface area contributed by atoms with Crippen molar-refractivity contribution in [3.8, 4) is 56.3 Å². The quantitative estimate of drug-likeness (QED) is 0.122. The normalized spacial score (nSPS) is 15.3. The van der Waals surface area contributed by atoms with Crippen LogP contribution in [0.4, 0.5) is 0 Å². The summed E-state index contributed by atoms with van der Waals surface area (Å²) >= 11 is 0. The van der Waals surface area contributed by atoms with E-state index in [0.29, 0.717) is 0 Å². The van der Waals surface area contributed by atoms with Gasteiger partial charge in [-0.2, -0.15) is 0 Å². The average molecular weight is 1270 g/mol. The van der Waals surface area contributed by atoms with Crippen LogP contribution in [0, 0.1) is 55.4 Å². The van der Waals surface area contributed by atoms with Crippen LogP contribution in [-0.2, 0) is 41.6 Å². The monoisotopic (exact) mass is 1260 g/mol. The summed E-state index contributed by atoms with van der Waals surface area (Å²) in [6.45, 7) is 19.0. The summed E-state index contributed by atoms with van der Waals surface area (Å²) in [5.41, 5.74) is 30.4. The Morgan fingerprint density at radius 1 is 0.295 bits per heavy atom. The molecule has 492 valence electrons. The molecule has 0 aliphatic heterocycles. The Bertz CT molecular complexity index is 4300. The van der Waals surface area contributed by atoms with Gasteiger partial charge in [0.25, 0.3) is 0 Å². The van der Waals surface area contributed by atoms with E-state index in [1.807, 2.05) is 36.9 Å². The zero-order chi connectivity index (χ0) is 68.9. The molecule has 5 heterocycles. The van der Waals surface area contributed by atoms with Crippen LogP contribution in [0.25, 0.3) is 56.3 Å². The molecular weight excluding hydrogens is 1150 g/mol. The van der Waals surface area contributed by atoms with Gasteiger partial charge >= 0.3 is 0 Å².